The molecule has 1 atom stereocenters. The van der Waals surface area contributed by atoms with E-state index in [2.05, 4.69) is 5.32 Å². The zero-order valence-corrected chi connectivity index (χ0v) is 9.60. The summed E-state index contributed by atoms with van der Waals surface area (Å²) in [5.74, 6) is -0.753. The number of nitrogens with two attached hydrogens (primary N) is 1. The average Bonchev–Trinajstić information content (AvgIpc) is 2.20. The summed E-state index contributed by atoms with van der Waals surface area (Å²) in [7, 11) is 0. The van der Waals surface area contributed by atoms with E-state index in [0.29, 0.717) is 12.2 Å². The standard InChI is InChI=1S/C12H18N2O2/c1-8(2)11(12(15)16)14-7-9-3-5-10(13)6-4-9/h3-6,8,11,14H,7,13H2,1-2H3,(H,15,16)/t11-/m0/s1. The molecule has 0 amide bonds. The van der Waals surface area contributed by atoms with Crippen molar-refractivity contribution in [1.82, 2.24) is 5.32 Å². The summed E-state index contributed by atoms with van der Waals surface area (Å²) in [5.41, 5.74) is 7.30. The number of carbonyl (C=O) groups is 1. The van der Waals surface area contributed by atoms with Gasteiger partial charge in [0.25, 0.3) is 0 Å². The molecular weight excluding hydrogens is 204 g/mol. The molecular formula is C12H18N2O2. The molecule has 0 aliphatic heterocycles. The maximum atomic E-state index is 10.9. The fourth-order valence-corrected chi connectivity index (χ4v) is 1.47. The van der Waals surface area contributed by atoms with Gasteiger partial charge in [-0.1, -0.05) is 26.0 Å². The fourth-order valence-electron chi connectivity index (χ4n) is 1.47. The first-order valence-corrected chi connectivity index (χ1v) is 5.31. The number of anilines is 1. The summed E-state index contributed by atoms with van der Waals surface area (Å²) in [4.78, 5) is 10.9. The highest BCUT2D eigenvalue weighted by atomic mass is 16.4. The zero-order chi connectivity index (χ0) is 12.1. The van der Waals surface area contributed by atoms with E-state index in [0.717, 1.165) is 5.56 Å². The lowest BCUT2D eigenvalue weighted by Gasteiger charge is -2.17. The van der Waals surface area contributed by atoms with E-state index in [9.17, 15) is 4.79 Å². The molecule has 0 bridgehead atoms. The van der Waals surface area contributed by atoms with Gasteiger partial charge in [0, 0.05) is 12.2 Å². The Hall–Kier alpha value is -1.55. The molecule has 4 N–H and O–H groups in total. The number of nitrogen functional groups attached to an aromatic ring is 1. The van der Waals surface area contributed by atoms with Crippen molar-refractivity contribution < 1.29 is 9.90 Å². The minimum Gasteiger partial charge on any atom is -0.480 e. The normalized spacial score (nSPS) is 12.7. The fraction of sp³-hybridized carbons (Fsp3) is 0.417. The summed E-state index contributed by atoms with van der Waals surface area (Å²) in [6.07, 6.45) is 0. The number of rotatable bonds is 5. The van der Waals surface area contributed by atoms with E-state index in [1.165, 1.54) is 0 Å². The van der Waals surface area contributed by atoms with Crippen LogP contribution in [0.1, 0.15) is 19.4 Å². The van der Waals surface area contributed by atoms with Crippen LogP contribution in [0.15, 0.2) is 24.3 Å². The van der Waals surface area contributed by atoms with Crippen molar-refractivity contribution in [2.75, 3.05) is 5.73 Å². The molecule has 4 nitrogen and oxygen atoms in total. The molecule has 0 aliphatic carbocycles. The van der Waals surface area contributed by atoms with Gasteiger partial charge in [-0.05, 0) is 23.6 Å². The van der Waals surface area contributed by atoms with Gasteiger partial charge in [0.15, 0.2) is 0 Å². The van der Waals surface area contributed by atoms with E-state index in [4.69, 9.17) is 10.8 Å². The highest BCUT2D eigenvalue weighted by Crippen LogP contribution is 2.07. The van der Waals surface area contributed by atoms with Gasteiger partial charge >= 0.3 is 5.97 Å². The molecule has 4 heteroatoms. The Balaban J connectivity index is 2.55. The van der Waals surface area contributed by atoms with Gasteiger partial charge in [-0.15, -0.1) is 0 Å². The lowest BCUT2D eigenvalue weighted by Crippen LogP contribution is -2.40. The molecule has 1 aromatic carbocycles. The second kappa shape index (κ2) is 5.51. The topological polar surface area (TPSA) is 75.3 Å². The SMILES string of the molecule is CC(C)[C@H](NCc1ccc(N)cc1)C(=O)O. The second-order valence-corrected chi connectivity index (χ2v) is 4.18. The molecule has 0 radical (unpaired) electrons. The quantitative estimate of drug-likeness (QED) is 0.659. The first-order valence-electron chi connectivity index (χ1n) is 5.31. The van der Waals surface area contributed by atoms with E-state index in [1.54, 1.807) is 0 Å². The van der Waals surface area contributed by atoms with Gasteiger partial charge in [-0.3, -0.25) is 4.79 Å². The average molecular weight is 222 g/mol. The van der Waals surface area contributed by atoms with Gasteiger partial charge in [0.2, 0.25) is 0 Å². The Bertz CT molecular complexity index is 347. The van der Waals surface area contributed by atoms with Crippen molar-refractivity contribution in [2.45, 2.75) is 26.4 Å². The largest absolute Gasteiger partial charge is 0.480 e. The molecule has 1 aromatic rings. The summed E-state index contributed by atoms with van der Waals surface area (Å²) in [5, 5.41) is 12.0. The van der Waals surface area contributed by atoms with Crippen molar-refractivity contribution in [1.29, 1.82) is 0 Å². The molecule has 0 heterocycles. The highest BCUT2D eigenvalue weighted by Gasteiger charge is 2.20. The van der Waals surface area contributed by atoms with Crippen LogP contribution in [0, 0.1) is 5.92 Å². The Kier molecular flexibility index (Phi) is 4.31. The number of hydrogen-bond acceptors (Lipinski definition) is 3. The highest BCUT2D eigenvalue weighted by molar-refractivity contribution is 5.73. The van der Waals surface area contributed by atoms with Gasteiger partial charge in [-0.25, -0.2) is 0 Å². The number of nitrogens with one attached hydrogen (secondary N) is 1. The van der Waals surface area contributed by atoms with E-state index in [1.807, 2.05) is 38.1 Å². The Morgan fingerprint density at radius 3 is 2.38 bits per heavy atom. The van der Waals surface area contributed by atoms with Crippen LogP contribution in [0.2, 0.25) is 0 Å². The molecule has 0 saturated carbocycles. The van der Waals surface area contributed by atoms with Crippen LogP contribution in [-0.2, 0) is 11.3 Å². The number of aliphatic carboxylic acids is 1. The van der Waals surface area contributed by atoms with Crippen molar-refractivity contribution in [3.63, 3.8) is 0 Å². The van der Waals surface area contributed by atoms with E-state index < -0.39 is 12.0 Å². The lowest BCUT2D eigenvalue weighted by atomic mass is 10.0. The maximum absolute atomic E-state index is 10.9. The van der Waals surface area contributed by atoms with Gasteiger partial charge < -0.3 is 16.2 Å². The smallest absolute Gasteiger partial charge is 0.320 e. The third kappa shape index (κ3) is 3.55. The minimum atomic E-state index is -0.814. The Morgan fingerprint density at radius 2 is 1.94 bits per heavy atom. The van der Waals surface area contributed by atoms with Crippen LogP contribution < -0.4 is 11.1 Å². The summed E-state index contributed by atoms with van der Waals surface area (Å²) < 4.78 is 0. The van der Waals surface area contributed by atoms with Gasteiger partial charge in [-0.2, -0.15) is 0 Å². The molecule has 16 heavy (non-hydrogen) atoms. The summed E-state index contributed by atoms with van der Waals surface area (Å²) in [6.45, 7) is 4.30. The minimum absolute atomic E-state index is 0.0614. The van der Waals surface area contributed by atoms with Crippen LogP contribution in [-0.4, -0.2) is 17.1 Å². The molecule has 88 valence electrons. The molecule has 0 aromatic heterocycles. The van der Waals surface area contributed by atoms with Crippen molar-refractivity contribution in [3.8, 4) is 0 Å². The first kappa shape index (κ1) is 12.5. The number of carboxylic acid groups (broad SMARTS) is 1. The Labute approximate surface area is 95.5 Å². The molecule has 0 saturated heterocycles. The van der Waals surface area contributed by atoms with Crippen LogP contribution >= 0.6 is 0 Å². The molecule has 0 spiro atoms. The Morgan fingerprint density at radius 1 is 1.38 bits per heavy atom. The van der Waals surface area contributed by atoms with Gasteiger partial charge in [0.05, 0.1) is 0 Å². The van der Waals surface area contributed by atoms with Gasteiger partial charge in [0.1, 0.15) is 6.04 Å². The zero-order valence-electron chi connectivity index (χ0n) is 9.60. The molecule has 0 unspecified atom stereocenters. The van der Waals surface area contributed by atoms with Crippen LogP contribution in [0.3, 0.4) is 0 Å². The monoisotopic (exact) mass is 222 g/mol. The summed E-state index contributed by atoms with van der Waals surface area (Å²) >= 11 is 0. The third-order valence-electron chi connectivity index (χ3n) is 2.44. The maximum Gasteiger partial charge on any atom is 0.320 e. The van der Waals surface area contributed by atoms with Crippen LogP contribution in [0.4, 0.5) is 5.69 Å². The van der Waals surface area contributed by atoms with Crippen molar-refractivity contribution in [2.24, 2.45) is 5.92 Å². The molecule has 0 aliphatic rings. The lowest BCUT2D eigenvalue weighted by molar-refractivity contribution is -0.140. The third-order valence-corrected chi connectivity index (χ3v) is 2.44. The number of benzene rings is 1. The predicted octanol–water partition coefficient (Wildman–Crippen LogP) is 1.47. The summed E-state index contributed by atoms with van der Waals surface area (Å²) in [6, 6.07) is 6.88. The number of hydrogen-bond donors (Lipinski definition) is 3. The molecule has 0 fully saturated rings. The van der Waals surface area contributed by atoms with Crippen LogP contribution in [0.25, 0.3) is 0 Å². The molecule has 1 rings (SSSR count). The van der Waals surface area contributed by atoms with Crippen LogP contribution in [0.5, 0.6) is 0 Å². The van der Waals surface area contributed by atoms with Crippen molar-refractivity contribution in [3.05, 3.63) is 29.8 Å². The number of carboxylic acids is 1. The first-order chi connectivity index (χ1) is 7.50. The second-order valence-electron chi connectivity index (χ2n) is 4.18. The van der Waals surface area contributed by atoms with E-state index >= 15 is 0 Å². The van der Waals surface area contributed by atoms with E-state index in [-0.39, 0.29) is 5.92 Å². The van der Waals surface area contributed by atoms with Crippen molar-refractivity contribution >= 4 is 11.7 Å². The predicted molar refractivity (Wildman–Crippen MR) is 64.0 cm³/mol.